The first-order valence-electron chi connectivity index (χ1n) is 19.3. The third-order valence-corrected chi connectivity index (χ3v) is 10.6. The minimum absolute atomic E-state index is 0. The fraction of sp³-hybridized carbons (Fsp3) is 0.231. The van der Waals surface area contributed by atoms with Crippen LogP contribution in [0.4, 0.5) is 0 Å². The summed E-state index contributed by atoms with van der Waals surface area (Å²) in [5.74, 6) is 0. The van der Waals surface area contributed by atoms with Crippen LogP contribution in [0.1, 0.15) is 91.2 Å². The van der Waals surface area contributed by atoms with Crippen LogP contribution in [0, 0.1) is 12.2 Å². The minimum Gasteiger partial charge on any atom is -1.00 e. The summed E-state index contributed by atoms with van der Waals surface area (Å²) in [7, 11) is 0. The van der Waals surface area contributed by atoms with E-state index < -0.39 is 0 Å². The molecule has 2 aliphatic carbocycles. The van der Waals surface area contributed by atoms with E-state index in [4.69, 9.17) is 0 Å². The molecule has 0 spiro atoms. The number of rotatable bonds is 6. The molecule has 0 N–H and O–H groups in total. The predicted octanol–water partition coefficient (Wildman–Crippen LogP) is 8.41. The summed E-state index contributed by atoms with van der Waals surface area (Å²) in [4.78, 5) is 0. The standard InChI is InChI=1S/2C9H7.2C9H13.2C8H8.2ClH.2Zr/c2*1-2-5-9-7-3-6-8(9)4-1;2*1-3-8-6-5-7-9(8)4-2;2*1-2-8-6-4-3-5-7-8;;;;/h2*1-7H;2*6H,3-4,7H2,1-2H3;2*3-7H,1H3;2*1H;;/q4*-1;;;;;2*+2/p-2. The molecule has 6 aromatic rings. The molecular weight excluding hydrogens is 878 g/mol. The van der Waals surface area contributed by atoms with E-state index in [1.165, 1.54) is 124 Å². The van der Waals surface area contributed by atoms with Gasteiger partial charge >= 0.3 is 141 Å². The molecule has 0 saturated heterocycles. The Bertz CT molecular complexity index is 1890. The van der Waals surface area contributed by atoms with Crippen molar-refractivity contribution in [1.82, 2.24) is 0 Å². The van der Waals surface area contributed by atoms with Crippen molar-refractivity contribution in [2.24, 2.45) is 0 Å². The van der Waals surface area contributed by atoms with Crippen LogP contribution in [0.2, 0.25) is 0 Å². The van der Waals surface area contributed by atoms with Crippen LogP contribution in [-0.4, -0.2) is 6.41 Å². The zero-order valence-electron chi connectivity index (χ0n) is 34.0. The monoisotopic (exact) mass is 930 g/mol. The quantitative estimate of drug-likeness (QED) is 0.147. The van der Waals surface area contributed by atoms with E-state index in [9.17, 15) is 0 Å². The van der Waals surface area contributed by atoms with Gasteiger partial charge in [-0.15, -0.1) is 72.1 Å². The van der Waals surface area contributed by atoms with Crippen molar-refractivity contribution in [3.8, 4) is 0 Å². The Morgan fingerprint density at radius 2 is 0.821 bits per heavy atom. The van der Waals surface area contributed by atoms with Crippen molar-refractivity contribution in [1.29, 1.82) is 0 Å². The molecule has 0 radical (unpaired) electrons. The molecule has 0 atom stereocenters. The Kier molecular flexibility index (Phi) is 27.6. The van der Waals surface area contributed by atoms with Gasteiger partial charge in [0, 0.05) is 0 Å². The van der Waals surface area contributed by atoms with Gasteiger partial charge < -0.3 is 24.8 Å². The van der Waals surface area contributed by atoms with Gasteiger partial charge in [-0.2, -0.15) is 57.3 Å². The van der Waals surface area contributed by atoms with Crippen LogP contribution in [0.3, 0.4) is 0 Å². The zero-order chi connectivity index (χ0) is 39.0. The van der Waals surface area contributed by atoms with E-state index in [-0.39, 0.29) is 24.8 Å². The molecule has 0 unspecified atom stereocenters. The van der Waals surface area contributed by atoms with E-state index in [2.05, 4.69) is 199 Å². The van der Waals surface area contributed by atoms with Crippen LogP contribution >= 0.6 is 0 Å². The van der Waals surface area contributed by atoms with Gasteiger partial charge in [-0.25, -0.2) is 12.2 Å². The molecule has 0 amide bonds. The predicted molar refractivity (Wildman–Crippen MR) is 232 cm³/mol. The molecule has 4 heteroatoms. The van der Waals surface area contributed by atoms with Gasteiger partial charge in [0.25, 0.3) is 0 Å². The molecular formula is C52H56Cl2Zr2-2. The van der Waals surface area contributed by atoms with Crippen molar-refractivity contribution in [3.05, 3.63) is 203 Å². The smallest absolute Gasteiger partial charge is 0.0809 e. The first-order chi connectivity index (χ1) is 26.3. The van der Waals surface area contributed by atoms with E-state index in [1.54, 1.807) is 11.1 Å². The number of halogens is 2. The average Bonchev–Trinajstić information content (AvgIpc) is 4.07. The Morgan fingerprint density at radius 3 is 1.09 bits per heavy atom. The van der Waals surface area contributed by atoms with E-state index >= 15 is 0 Å². The third-order valence-electron chi connectivity index (χ3n) is 9.22. The normalized spacial score (nSPS) is 11.9. The topological polar surface area (TPSA) is 0 Å². The van der Waals surface area contributed by atoms with Crippen molar-refractivity contribution < 1.29 is 73.3 Å². The summed E-state index contributed by atoms with van der Waals surface area (Å²) >= 11 is 3.01. The van der Waals surface area contributed by atoms with Gasteiger partial charge in [0.05, 0.1) is 0 Å². The maximum Gasteiger partial charge on any atom is -0.0809 e. The van der Waals surface area contributed by atoms with Crippen molar-refractivity contribution in [2.45, 2.75) is 80.1 Å². The van der Waals surface area contributed by atoms with Gasteiger partial charge in [-0.05, 0) is 0 Å². The van der Waals surface area contributed by atoms with E-state index in [0.29, 0.717) is 0 Å². The van der Waals surface area contributed by atoms with Crippen LogP contribution in [0.5, 0.6) is 0 Å². The summed E-state index contributed by atoms with van der Waals surface area (Å²) in [5, 5.41) is 5.32. The summed E-state index contributed by atoms with van der Waals surface area (Å²) < 4.78 is 2.92. The maximum atomic E-state index is 3.23. The molecule has 0 fully saturated rings. The van der Waals surface area contributed by atoms with Gasteiger partial charge in [0.15, 0.2) is 0 Å². The van der Waals surface area contributed by atoms with Crippen LogP contribution in [0.25, 0.3) is 21.5 Å². The molecule has 0 saturated carbocycles. The second-order valence-corrected chi connectivity index (χ2v) is 16.7. The van der Waals surface area contributed by atoms with Crippen LogP contribution < -0.4 is 24.8 Å². The number of hydrogen-bond acceptors (Lipinski definition) is 0. The molecule has 6 aromatic carbocycles. The third kappa shape index (κ3) is 18.6. The van der Waals surface area contributed by atoms with E-state index in [0.717, 1.165) is 12.8 Å². The van der Waals surface area contributed by atoms with Crippen LogP contribution in [0.15, 0.2) is 180 Å². The summed E-state index contributed by atoms with van der Waals surface area (Å²) in [6.07, 6.45) is 17.6. The molecule has 0 bridgehead atoms. The largest absolute Gasteiger partial charge is 1.00 e. The van der Waals surface area contributed by atoms with Gasteiger partial charge in [-0.3, -0.25) is 12.2 Å². The molecule has 2 aliphatic rings. The van der Waals surface area contributed by atoms with Gasteiger partial charge in [-0.1, -0.05) is 65.5 Å². The molecule has 288 valence electrons. The van der Waals surface area contributed by atoms with Crippen LogP contribution in [-0.2, 0) is 48.5 Å². The second kappa shape index (κ2) is 30.3. The Balaban J connectivity index is 0.000000334. The fourth-order valence-electron chi connectivity index (χ4n) is 5.95. The maximum absolute atomic E-state index is 3.23. The summed E-state index contributed by atoms with van der Waals surface area (Å²) in [6.45, 7) is 13.2. The molecule has 0 aromatic heterocycles. The van der Waals surface area contributed by atoms with Gasteiger partial charge in [0.2, 0.25) is 0 Å². The number of hydrogen-bond donors (Lipinski definition) is 0. The summed E-state index contributed by atoms with van der Waals surface area (Å²) in [5.41, 5.74) is 8.93. The molecule has 0 aliphatic heterocycles. The average molecular weight is 934 g/mol. The number of allylic oxidation sites excluding steroid dienone is 8. The Hall–Kier alpha value is -2.85. The fourth-order valence-corrected chi connectivity index (χ4v) is 6.77. The van der Waals surface area contributed by atoms with Crippen molar-refractivity contribution in [3.63, 3.8) is 0 Å². The second-order valence-electron chi connectivity index (χ2n) is 13.0. The summed E-state index contributed by atoms with van der Waals surface area (Å²) in [6, 6.07) is 50.3. The Labute approximate surface area is 381 Å². The van der Waals surface area contributed by atoms with Crippen molar-refractivity contribution in [2.75, 3.05) is 0 Å². The molecule has 56 heavy (non-hydrogen) atoms. The molecule has 0 nitrogen and oxygen atoms in total. The van der Waals surface area contributed by atoms with Gasteiger partial charge in [0.1, 0.15) is 0 Å². The molecule has 8 rings (SSSR count). The number of fused-ring (bicyclic) bond motifs is 2. The SMILES string of the molecule is CCC1=C(CC)C[C-]=C1.CCC1=C(CC)C[C-]=C1.C[C](=[Zr+2])c1ccccc1.C[C](=[Zr+2])c1ccccc1.[Cl-].[Cl-].c1ccc2[cH-]ccc2c1.c1ccc2[cH-]ccc2c1. The van der Waals surface area contributed by atoms with E-state index in [1.807, 2.05) is 12.1 Å². The Morgan fingerprint density at radius 1 is 0.482 bits per heavy atom. The first-order valence-corrected chi connectivity index (χ1v) is 21.7. The zero-order valence-corrected chi connectivity index (χ0v) is 40.4. The molecule has 0 heterocycles. The number of benzene rings is 4. The minimum atomic E-state index is 0. The van der Waals surface area contributed by atoms with Crippen molar-refractivity contribution >= 4 is 28.0 Å². The first kappa shape index (κ1) is 51.2.